The maximum absolute atomic E-state index is 13.8. The van der Waals surface area contributed by atoms with Crippen LogP contribution in [0.5, 0.6) is 0 Å². The van der Waals surface area contributed by atoms with Crippen LogP contribution in [0.3, 0.4) is 0 Å². The first-order chi connectivity index (χ1) is 10.6. The Hall–Kier alpha value is -0.770. The molecule has 0 amide bonds. The van der Waals surface area contributed by atoms with Crippen LogP contribution in [0.4, 0.5) is 8.78 Å². The zero-order valence-electron chi connectivity index (χ0n) is 14.7. The van der Waals surface area contributed by atoms with Gasteiger partial charge in [0.15, 0.2) is 5.96 Å². The van der Waals surface area contributed by atoms with Crippen molar-refractivity contribution in [2.75, 3.05) is 19.3 Å². The second-order valence-corrected chi connectivity index (χ2v) is 8.52. The van der Waals surface area contributed by atoms with Gasteiger partial charge < -0.3 is 10.6 Å². The summed E-state index contributed by atoms with van der Waals surface area (Å²) in [6.07, 6.45) is 0. The molecular formula is C16H26F2IN3OS. The summed E-state index contributed by atoms with van der Waals surface area (Å²) < 4.78 is 38.4. The van der Waals surface area contributed by atoms with E-state index in [0.29, 0.717) is 23.8 Å². The maximum atomic E-state index is 13.8. The molecule has 0 aliphatic heterocycles. The second kappa shape index (κ2) is 10.3. The van der Waals surface area contributed by atoms with E-state index in [4.69, 9.17) is 0 Å². The number of halogens is 3. The minimum absolute atomic E-state index is 0. The number of benzene rings is 1. The molecule has 0 saturated carbocycles. The SMILES string of the molecule is CN=C(NCCS(=O)C(C)(C)C)NC(C)c1ccc(F)cc1F.I. The van der Waals surface area contributed by atoms with Gasteiger partial charge in [-0.1, -0.05) is 6.07 Å². The van der Waals surface area contributed by atoms with E-state index in [0.717, 1.165) is 6.07 Å². The van der Waals surface area contributed by atoms with E-state index < -0.39 is 22.4 Å². The second-order valence-electron chi connectivity index (χ2n) is 6.19. The van der Waals surface area contributed by atoms with Crippen LogP contribution in [0, 0.1) is 11.6 Å². The van der Waals surface area contributed by atoms with Gasteiger partial charge in [-0.15, -0.1) is 24.0 Å². The van der Waals surface area contributed by atoms with Crippen molar-refractivity contribution in [3.63, 3.8) is 0 Å². The van der Waals surface area contributed by atoms with Crippen LogP contribution >= 0.6 is 24.0 Å². The quantitative estimate of drug-likeness (QED) is 0.392. The summed E-state index contributed by atoms with van der Waals surface area (Å²) in [6, 6.07) is 3.11. The van der Waals surface area contributed by atoms with Gasteiger partial charge in [-0.2, -0.15) is 0 Å². The molecule has 2 atom stereocenters. The number of aliphatic imine (C=N–C) groups is 1. The van der Waals surface area contributed by atoms with Crippen LogP contribution in [0.25, 0.3) is 0 Å². The van der Waals surface area contributed by atoms with Crippen molar-refractivity contribution >= 4 is 40.7 Å². The molecule has 0 fully saturated rings. The molecule has 1 aromatic carbocycles. The van der Waals surface area contributed by atoms with Crippen LogP contribution in [-0.2, 0) is 10.8 Å². The first kappa shape index (κ1) is 23.2. The van der Waals surface area contributed by atoms with Crippen molar-refractivity contribution in [2.45, 2.75) is 38.5 Å². The van der Waals surface area contributed by atoms with Gasteiger partial charge >= 0.3 is 0 Å². The van der Waals surface area contributed by atoms with Crippen molar-refractivity contribution < 1.29 is 13.0 Å². The Kier molecular flexibility index (Phi) is 9.94. The fourth-order valence-electron chi connectivity index (χ4n) is 1.90. The molecule has 0 heterocycles. The lowest BCUT2D eigenvalue weighted by Crippen LogP contribution is -2.41. The molecule has 0 aliphatic carbocycles. The molecule has 1 rings (SSSR count). The number of nitrogens with zero attached hydrogens (tertiary/aromatic N) is 1. The van der Waals surface area contributed by atoms with Gasteiger partial charge in [0.05, 0.1) is 6.04 Å². The van der Waals surface area contributed by atoms with Crippen LogP contribution < -0.4 is 10.6 Å². The fourth-order valence-corrected chi connectivity index (χ4v) is 2.80. The number of guanidine groups is 1. The highest BCUT2D eigenvalue weighted by atomic mass is 127. The molecule has 0 spiro atoms. The summed E-state index contributed by atoms with van der Waals surface area (Å²) in [7, 11) is 0.643. The van der Waals surface area contributed by atoms with Crippen LogP contribution in [-0.4, -0.2) is 34.3 Å². The molecule has 2 N–H and O–H groups in total. The minimum atomic E-state index is -0.958. The lowest BCUT2D eigenvalue weighted by atomic mass is 10.1. The highest BCUT2D eigenvalue weighted by Crippen LogP contribution is 2.17. The zero-order valence-corrected chi connectivity index (χ0v) is 17.8. The number of nitrogens with one attached hydrogen (secondary N) is 2. The Morgan fingerprint density at radius 1 is 1.33 bits per heavy atom. The molecular weight excluding hydrogens is 447 g/mol. The maximum Gasteiger partial charge on any atom is 0.191 e. The van der Waals surface area contributed by atoms with Crippen molar-refractivity contribution in [3.8, 4) is 0 Å². The number of hydrogen-bond donors (Lipinski definition) is 2. The van der Waals surface area contributed by atoms with Gasteiger partial charge in [0.25, 0.3) is 0 Å². The monoisotopic (exact) mass is 473 g/mol. The third-order valence-corrected chi connectivity index (χ3v) is 5.21. The smallest absolute Gasteiger partial charge is 0.191 e. The van der Waals surface area contributed by atoms with E-state index in [1.165, 1.54) is 12.1 Å². The van der Waals surface area contributed by atoms with Gasteiger partial charge in [-0.05, 0) is 33.8 Å². The Bertz CT molecular complexity index is 591. The Balaban J connectivity index is 0.00000529. The first-order valence-electron chi connectivity index (χ1n) is 7.45. The van der Waals surface area contributed by atoms with E-state index in [1.807, 2.05) is 20.8 Å². The summed E-state index contributed by atoms with van der Waals surface area (Å²) in [6.45, 7) is 8.03. The molecule has 0 bridgehead atoms. The Morgan fingerprint density at radius 3 is 2.46 bits per heavy atom. The van der Waals surface area contributed by atoms with Gasteiger partial charge in [-0.3, -0.25) is 9.20 Å². The minimum Gasteiger partial charge on any atom is -0.355 e. The Morgan fingerprint density at radius 2 is 1.96 bits per heavy atom. The highest BCUT2D eigenvalue weighted by Gasteiger charge is 2.19. The molecule has 1 aromatic rings. The molecule has 4 nitrogen and oxygen atoms in total. The summed E-state index contributed by atoms with van der Waals surface area (Å²) in [5.41, 5.74) is 0.354. The molecule has 8 heteroatoms. The standard InChI is InChI=1S/C16H25F2N3OS.HI/c1-11(13-7-6-12(17)10-14(13)18)21-15(19-5)20-8-9-23(22)16(2,3)4;/h6-7,10-11H,8-9H2,1-5H3,(H2,19,20,21);1H. The highest BCUT2D eigenvalue weighted by molar-refractivity contribution is 14.0. The largest absolute Gasteiger partial charge is 0.355 e. The van der Waals surface area contributed by atoms with Gasteiger partial charge in [-0.25, -0.2) is 8.78 Å². The number of hydrogen-bond acceptors (Lipinski definition) is 2. The molecule has 0 aliphatic rings. The van der Waals surface area contributed by atoms with Gasteiger partial charge in [0.2, 0.25) is 0 Å². The van der Waals surface area contributed by atoms with E-state index >= 15 is 0 Å². The molecule has 0 aromatic heterocycles. The Labute approximate surface area is 162 Å². The molecule has 24 heavy (non-hydrogen) atoms. The first-order valence-corrected chi connectivity index (χ1v) is 8.77. The topological polar surface area (TPSA) is 53.5 Å². The lowest BCUT2D eigenvalue weighted by molar-refractivity contribution is 0.551. The average Bonchev–Trinajstić information content (AvgIpc) is 2.44. The van der Waals surface area contributed by atoms with Crippen LogP contribution in [0.2, 0.25) is 0 Å². The predicted octanol–water partition coefficient (Wildman–Crippen LogP) is 3.36. The normalized spacial score (nSPS) is 14.5. The van der Waals surface area contributed by atoms with Crippen LogP contribution in [0.1, 0.15) is 39.3 Å². The summed E-state index contributed by atoms with van der Waals surface area (Å²) >= 11 is 0. The van der Waals surface area contributed by atoms with E-state index in [2.05, 4.69) is 15.6 Å². The van der Waals surface area contributed by atoms with E-state index in [-0.39, 0.29) is 34.8 Å². The van der Waals surface area contributed by atoms with Crippen LogP contribution in [0.15, 0.2) is 23.2 Å². The summed E-state index contributed by atoms with van der Waals surface area (Å²) in [4.78, 5) is 4.06. The van der Waals surface area contributed by atoms with Gasteiger partial charge in [0, 0.05) is 46.5 Å². The third kappa shape index (κ3) is 7.42. The summed E-state index contributed by atoms with van der Waals surface area (Å²) in [5, 5.41) is 6.09. The summed E-state index contributed by atoms with van der Waals surface area (Å²) in [5.74, 6) is -0.240. The lowest BCUT2D eigenvalue weighted by Gasteiger charge is -2.20. The van der Waals surface area contributed by atoms with Crippen molar-refractivity contribution in [1.82, 2.24) is 10.6 Å². The van der Waals surface area contributed by atoms with Crippen molar-refractivity contribution in [3.05, 3.63) is 35.4 Å². The third-order valence-electron chi connectivity index (χ3n) is 3.27. The van der Waals surface area contributed by atoms with Crippen molar-refractivity contribution in [2.24, 2.45) is 4.99 Å². The van der Waals surface area contributed by atoms with E-state index in [9.17, 15) is 13.0 Å². The number of rotatable bonds is 5. The zero-order chi connectivity index (χ0) is 17.6. The van der Waals surface area contributed by atoms with Gasteiger partial charge in [0.1, 0.15) is 11.6 Å². The molecule has 0 radical (unpaired) electrons. The molecule has 2 unspecified atom stereocenters. The van der Waals surface area contributed by atoms with Crippen molar-refractivity contribution in [1.29, 1.82) is 0 Å². The predicted molar refractivity (Wildman–Crippen MR) is 107 cm³/mol. The average molecular weight is 473 g/mol. The fraction of sp³-hybridized carbons (Fsp3) is 0.562. The van der Waals surface area contributed by atoms with E-state index in [1.54, 1.807) is 14.0 Å². The molecule has 138 valence electrons. The molecule has 0 saturated heterocycles.